The Bertz CT molecular complexity index is 1400. The molecule has 4 rings (SSSR count). The third kappa shape index (κ3) is 5.35. The highest BCUT2D eigenvalue weighted by atomic mass is 19.1. The number of aromatic nitrogens is 2. The summed E-state index contributed by atoms with van der Waals surface area (Å²) in [7, 11) is 0. The maximum Gasteiger partial charge on any atom is 0.301 e. The number of aryl methyl sites for hydroxylation is 1. The Kier molecular flexibility index (Phi) is 6.77. The van der Waals surface area contributed by atoms with Crippen LogP contribution >= 0.6 is 0 Å². The zero-order valence-corrected chi connectivity index (χ0v) is 18.5. The van der Waals surface area contributed by atoms with Gasteiger partial charge in [-0.05, 0) is 41.8 Å². The van der Waals surface area contributed by atoms with Gasteiger partial charge in [-0.3, -0.25) is 18.8 Å². The summed E-state index contributed by atoms with van der Waals surface area (Å²) >= 11 is 0. The van der Waals surface area contributed by atoms with Crippen LogP contribution in [-0.2, 0) is 17.8 Å². The predicted octanol–water partition coefficient (Wildman–Crippen LogP) is 3.26. The average Bonchev–Trinajstić information content (AvgIpc) is 2.84. The summed E-state index contributed by atoms with van der Waals surface area (Å²) in [5.74, 6) is -1.55. The molecule has 0 fully saturated rings. The van der Waals surface area contributed by atoms with Crippen LogP contribution in [0.2, 0.25) is 0 Å². The first kappa shape index (κ1) is 22.8. The van der Waals surface area contributed by atoms with Crippen molar-refractivity contribution in [1.29, 1.82) is 0 Å². The summed E-state index contributed by atoms with van der Waals surface area (Å²) in [6, 6.07) is 18.2. The lowest BCUT2D eigenvalue weighted by molar-refractivity contribution is -0.120. The summed E-state index contributed by atoms with van der Waals surface area (Å²) in [6.07, 6.45) is 1.61. The quantitative estimate of drug-likeness (QED) is 0.409. The number of hydrogen-bond acceptors (Lipinski definition) is 5. The highest BCUT2D eigenvalue weighted by Gasteiger charge is 2.21. The first-order valence-corrected chi connectivity index (χ1v) is 10.6. The van der Waals surface area contributed by atoms with Gasteiger partial charge in [0, 0.05) is 6.20 Å². The van der Waals surface area contributed by atoms with Crippen LogP contribution < -0.4 is 15.6 Å². The third-order valence-corrected chi connectivity index (χ3v) is 5.14. The maximum atomic E-state index is 13.2. The Morgan fingerprint density at radius 1 is 1.00 bits per heavy atom. The van der Waals surface area contributed by atoms with Crippen molar-refractivity contribution in [2.24, 2.45) is 0 Å². The molecular weight excluding hydrogens is 437 g/mol. The second kappa shape index (κ2) is 10.1. The van der Waals surface area contributed by atoms with E-state index in [-0.39, 0.29) is 31.0 Å². The van der Waals surface area contributed by atoms with E-state index in [2.05, 4.69) is 10.3 Å². The van der Waals surface area contributed by atoms with Gasteiger partial charge in [-0.15, -0.1) is 0 Å². The molecule has 4 aromatic rings. The largest absolute Gasteiger partial charge is 0.481 e. The molecule has 7 nitrogen and oxygen atoms in total. The lowest BCUT2D eigenvalue weighted by Gasteiger charge is -2.12. The van der Waals surface area contributed by atoms with Crippen molar-refractivity contribution in [1.82, 2.24) is 14.7 Å². The average molecular weight is 459 g/mol. The van der Waals surface area contributed by atoms with E-state index in [4.69, 9.17) is 4.74 Å². The number of carbonyl (C=O) groups is 2. The normalized spacial score (nSPS) is 10.8. The molecule has 0 aliphatic rings. The van der Waals surface area contributed by atoms with Crippen molar-refractivity contribution < 1.29 is 18.7 Å². The molecule has 2 aromatic carbocycles. The first-order valence-electron chi connectivity index (χ1n) is 10.6. The number of hydrogen-bond donors (Lipinski definition) is 1. The molecule has 2 aromatic heterocycles. The van der Waals surface area contributed by atoms with Crippen molar-refractivity contribution >= 4 is 17.3 Å². The summed E-state index contributed by atoms with van der Waals surface area (Å²) in [5, 5.41) is 2.54. The zero-order chi connectivity index (χ0) is 24.1. The molecule has 0 spiro atoms. The monoisotopic (exact) mass is 459 g/mol. The molecule has 0 unspecified atom stereocenters. The van der Waals surface area contributed by atoms with E-state index in [1.165, 1.54) is 28.7 Å². The summed E-state index contributed by atoms with van der Waals surface area (Å²) < 4.78 is 20.2. The molecule has 0 aliphatic heterocycles. The van der Waals surface area contributed by atoms with Crippen LogP contribution in [0.3, 0.4) is 0 Å². The molecule has 0 aliphatic carbocycles. The number of nitrogens with zero attached hydrogens (tertiary/aromatic N) is 2. The number of pyridine rings is 1. The van der Waals surface area contributed by atoms with Crippen molar-refractivity contribution in [3.63, 3.8) is 0 Å². The van der Waals surface area contributed by atoms with Gasteiger partial charge < -0.3 is 10.1 Å². The predicted molar refractivity (Wildman–Crippen MR) is 124 cm³/mol. The Labute approximate surface area is 194 Å². The zero-order valence-electron chi connectivity index (χ0n) is 18.5. The fourth-order valence-corrected chi connectivity index (χ4v) is 3.39. The number of nitrogens with one attached hydrogen (secondary N) is 1. The minimum absolute atomic E-state index is 0.0159. The van der Waals surface area contributed by atoms with Gasteiger partial charge in [-0.2, -0.15) is 0 Å². The van der Waals surface area contributed by atoms with E-state index in [1.807, 2.05) is 37.3 Å². The van der Waals surface area contributed by atoms with Crippen molar-refractivity contribution in [2.75, 3.05) is 6.54 Å². The van der Waals surface area contributed by atoms with Crippen LogP contribution in [0.15, 0.2) is 77.7 Å². The second-order valence-electron chi connectivity index (χ2n) is 7.81. The fourth-order valence-electron chi connectivity index (χ4n) is 3.39. The van der Waals surface area contributed by atoms with Gasteiger partial charge >= 0.3 is 5.56 Å². The van der Waals surface area contributed by atoms with Crippen molar-refractivity contribution in [3.8, 4) is 5.75 Å². The van der Waals surface area contributed by atoms with Gasteiger partial charge in [0.2, 0.25) is 17.4 Å². The lowest BCUT2D eigenvalue weighted by Crippen LogP contribution is -2.32. The van der Waals surface area contributed by atoms with E-state index in [9.17, 15) is 18.8 Å². The van der Waals surface area contributed by atoms with Crippen LogP contribution in [0.5, 0.6) is 5.75 Å². The third-order valence-electron chi connectivity index (χ3n) is 5.14. The molecule has 8 heteroatoms. The summed E-state index contributed by atoms with van der Waals surface area (Å²) in [4.78, 5) is 42.8. The van der Waals surface area contributed by atoms with Crippen LogP contribution in [0, 0.1) is 12.7 Å². The highest BCUT2D eigenvalue weighted by molar-refractivity contribution is 6.00. The molecule has 0 saturated carbocycles. The SMILES string of the molecule is Cc1ccc2nc(C(=O)CNC(=O)Cc3ccc(F)cc3)c(OCc3ccccc3)c(=O)n2c1. The molecule has 1 amide bonds. The highest BCUT2D eigenvalue weighted by Crippen LogP contribution is 2.16. The number of fused-ring (bicyclic) bond motifs is 1. The van der Waals surface area contributed by atoms with Gasteiger partial charge in [-0.1, -0.05) is 48.5 Å². The Morgan fingerprint density at radius 2 is 1.74 bits per heavy atom. The summed E-state index contributed by atoms with van der Waals surface area (Å²) in [5.41, 5.74) is 1.91. The number of amides is 1. The fraction of sp³-hybridized carbons (Fsp3) is 0.154. The Morgan fingerprint density at radius 3 is 2.47 bits per heavy atom. The number of rotatable bonds is 8. The van der Waals surface area contributed by atoms with Crippen LogP contribution in [0.25, 0.3) is 5.65 Å². The van der Waals surface area contributed by atoms with Crippen LogP contribution in [0.1, 0.15) is 27.2 Å². The molecular formula is C26H22FN3O4. The molecule has 0 bridgehead atoms. The Balaban J connectivity index is 1.57. The minimum atomic E-state index is -0.560. The molecule has 34 heavy (non-hydrogen) atoms. The lowest BCUT2D eigenvalue weighted by atomic mass is 10.1. The first-order chi connectivity index (χ1) is 16.4. The molecule has 0 atom stereocenters. The number of ether oxygens (including phenoxy) is 1. The van der Waals surface area contributed by atoms with E-state index in [1.54, 1.807) is 18.3 Å². The summed E-state index contributed by atoms with van der Waals surface area (Å²) in [6.45, 7) is 1.55. The van der Waals surface area contributed by atoms with E-state index in [0.29, 0.717) is 11.2 Å². The smallest absolute Gasteiger partial charge is 0.301 e. The van der Waals surface area contributed by atoms with Gasteiger partial charge in [0.25, 0.3) is 0 Å². The number of benzene rings is 2. The van der Waals surface area contributed by atoms with E-state index in [0.717, 1.165) is 11.1 Å². The molecule has 1 N–H and O–H groups in total. The van der Waals surface area contributed by atoms with Crippen molar-refractivity contribution in [2.45, 2.75) is 20.0 Å². The number of ketones is 1. The van der Waals surface area contributed by atoms with Gasteiger partial charge in [0.15, 0.2) is 5.69 Å². The molecule has 2 heterocycles. The number of Topliss-reactive ketones (excluding diaryl/α,β-unsaturated/α-hetero) is 1. The van der Waals surface area contributed by atoms with E-state index >= 15 is 0 Å². The van der Waals surface area contributed by atoms with Gasteiger partial charge in [0.05, 0.1) is 13.0 Å². The van der Waals surface area contributed by atoms with Crippen LogP contribution in [-0.4, -0.2) is 27.6 Å². The van der Waals surface area contributed by atoms with Gasteiger partial charge in [0.1, 0.15) is 18.1 Å². The molecule has 172 valence electrons. The molecule has 0 saturated heterocycles. The van der Waals surface area contributed by atoms with E-state index < -0.39 is 23.1 Å². The Hall–Kier alpha value is -4.33. The van der Waals surface area contributed by atoms with Crippen molar-refractivity contribution in [3.05, 3.63) is 111 Å². The second-order valence-corrected chi connectivity index (χ2v) is 7.81. The van der Waals surface area contributed by atoms with Crippen LogP contribution in [0.4, 0.5) is 4.39 Å². The maximum absolute atomic E-state index is 13.2. The standard InChI is InChI=1S/C26H22FN3O4/c1-17-7-12-22-29-24(21(31)14-28-23(32)13-18-8-10-20(27)11-9-18)25(26(33)30(22)15-17)34-16-19-5-3-2-4-6-19/h2-12,15H,13-14,16H2,1H3,(H,28,32). The topological polar surface area (TPSA) is 89.8 Å². The minimum Gasteiger partial charge on any atom is -0.481 e. The van der Waals surface area contributed by atoms with Gasteiger partial charge in [-0.25, -0.2) is 9.37 Å². The number of carbonyl (C=O) groups excluding carboxylic acids is 2. The molecule has 0 radical (unpaired) electrons. The number of halogens is 1.